The van der Waals surface area contributed by atoms with Gasteiger partial charge in [-0.25, -0.2) is 0 Å². The largest absolute Gasteiger partial charge is 0.326 e. The van der Waals surface area contributed by atoms with E-state index in [1.165, 1.54) is 11.1 Å². The first-order valence-electron chi connectivity index (χ1n) is 5.40. The molecule has 0 radical (unpaired) electrons. The van der Waals surface area contributed by atoms with E-state index in [0.717, 1.165) is 5.56 Å². The second-order valence-electron chi connectivity index (χ2n) is 3.69. The molecule has 0 aliphatic heterocycles. The van der Waals surface area contributed by atoms with Crippen LogP contribution in [0, 0.1) is 0 Å². The topological polar surface area (TPSA) is 26.0 Å². The van der Waals surface area contributed by atoms with Gasteiger partial charge in [0.1, 0.15) is 0 Å². The number of hydrogen-bond acceptors (Lipinski definition) is 1. The normalized spacial score (nSPS) is 10.8. The SMILES string of the molecule is NCc1ccc(/C=C\c2ccccc2)cc1. The van der Waals surface area contributed by atoms with Gasteiger partial charge in [-0.2, -0.15) is 0 Å². The van der Waals surface area contributed by atoms with Crippen molar-refractivity contribution in [1.82, 2.24) is 0 Å². The van der Waals surface area contributed by atoms with Crippen molar-refractivity contribution in [2.45, 2.75) is 6.54 Å². The van der Waals surface area contributed by atoms with E-state index in [-0.39, 0.29) is 0 Å². The quantitative estimate of drug-likeness (QED) is 0.771. The molecule has 0 amide bonds. The Bertz CT molecular complexity index is 455. The van der Waals surface area contributed by atoms with Gasteiger partial charge in [0.15, 0.2) is 0 Å². The fraction of sp³-hybridized carbons (Fsp3) is 0.0667. The van der Waals surface area contributed by atoms with E-state index >= 15 is 0 Å². The van der Waals surface area contributed by atoms with Gasteiger partial charge in [0, 0.05) is 6.54 Å². The molecule has 0 fully saturated rings. The molecule has 1 heteroatoms. The summed E-state index contributed by atoms with van der Waals surface area (Å²) in [6.07, 6.45) is 4.22. The third-order valence-electron chi connectivity index (χ3n) is 2.48. The first-order chi connectivity index (χ1) is 7.88. The lowest BCUT2D eigenvalue weighted by molar-refractivity contribution is 1.07. The summed E-state index contributed by atoms with van der Waals surface area (Å²) in [6, 6.07) is 18.6. The standard InChI is InChI=1S/C15H15N/c16-12-15-10-8-14(9-11-15)7-6-13-4-2-1-3-5-13/h1-11H,12,16H2/b7-6-. The Labute approximate surface area is 96.2 Å². The number of rotatable bonds is 3. The zero-order valence-corrected chi connectivity index (χ0v) is 9.14. The van der Waals surface area contributed by atoms with E-state index in [9.17, 15) is 0 Å². The lowest BCUT2D eigenvalue weighted by Gasteiger charge is -1.97. The van der Waals surface area contributed by atoms with Crippen LogP contribution in [0.5, 0.6) is 0 Å². The highest BCUT2D eigenvalue weighted by molar-refractivity contribution is 5.69. The molecule has 2 aromatic carbocycles. The van der Waals surface area contributed by atoms with Crippen LogP contribution in [-0.4, -0.2) is 0 Å². The Kier molecular flexibility index (Phi) is 3.52. The number of nitrogens with two attached hydrogens (primary N) is 1. The molecule has 80 valence electrons. The van der Waals surface area contributed by atoms with Crippen molar-refractivity contribution in [3.05, 3.63) is 71.3 Å². The van der Waals surface area contributed by atoms with Gasteiger partial charge in [-0.1, -0.05) is 66.7 Å². The minimum absolute atomic E-state index is 0.600. The maximum absolute atomic E-state index is 5.55. The minimum atomic E-state index is 0.600. The van der Waals surface area contributed by atoms with Crippen molar-refractivity contribution in [3.8, 4) is 0 Å². The van der Waals surface area contributed by atoms with Gasteiger partial charge in [-0.15, -0.1) is 0 Å². The summed E-state index contributed by atoms with van der Waals surface area (Å²) in [5.41, 5.74) is 9.12. The Morgan fingerprint density at radius 1 is 0.750 bits per heavy atom. The fourth-order valence-corrected chi connectivity index (χ4v) is 1.52. The van der Waals surface area contributed by atoms with Crippen molar-refractivity contribution in [2.75, 3.05) is 0 Å². The molecule has 0 spiro atoms. The van der Waals surface area contributed by atoms with Crippen LogP contribution in [0.4, 0.5) is 0 Å². The Hall–Kier alpha value is -1.86. The molecule has 2 rings (SSSR count). The third kappa shape index (κ3) is 2.81. The Morgan fingerprint density at radius 3 is 1.88 bits per heavy atom. The molecule has 0 saturated heterocycles. The summed E-state index contributed by atoms with van der Waals surface area (Å²) < 4.78 is 0. The molecule has 0 atom stereocenters. The van der Waals surface area contributed by atoms with E-state index in [1.807, 2.05) is 18.2 Å². The molecule has 0 bridgehead atoms. The van der Waals surface area contributed by atoms with Crippen LogP contribution in [-0.2, 0) is 6.54 Å². The first kappa shape index (κ1) is 10.7. The smallest absolute Gasteiger partial charge is 0.0178 e. The molecule has 0 saturated carbocycles. The summed E-state index contributed by atoms with van der Waals surface area (Å²) >= 11 is 0. The fourth-order valence-electron chi connectivity index (χ4n) is 1.52. The maximum atomic E-state index is 5.55. The zero-order chi connectivity index (χ0) is 11.2. The minimum Gasteiger partial charge on any atom is -0.326 e. The van der Waals surface area contributed by atoms with E-state index in [1.54, 1.807) is 0 Å². The van der Waals surface area contributed by atoms with Gasteiger partial charge < -0.3 is 5.73 Å². The zero-order valence-electron chi connectivity index (χ0n) is 9.14. The Morgan fingerprint density at radius 2 is 1.31 bits per heavy atom. The van der Waals surface area contributed by atoms with Crippen LogP contribution in [0.15, 0.2) is 54.6 Å². The van der Waals surface area contributed by atoms with Crippen LogP contribution in [0.2, 0.25) is 0 Å². The van der Waals surface area contributed by atoms with Crippen molar-refractivity contribution >= 4 is 12.2 Å². The average Bonchev–Trinajstić information content (AvgIpc) is 2.38. The van der Waals surface area contributed by atoms with Crippen LogP contribution >= 0.6 is 0 Å². The highest BCUT2D eigenvalue weighted by Gasteiger charge is 1.89. The lowest BCUT2D eigenvalue weighted by Crippen LogP contribution is -1.94. The van der Waals surface area contributed by atoms with Gasteiger partial charge in [0.05, 0.1) is 0 Å². The number of hydrogen-bond donors (Lipinski definition) is 1. The van der Waals surface area contributed by atoms with Gasteiger partial charge >= 0.3 is 0 Å². The monoisotopic (exact) mass is 209 g/mol. The van der Waals surface area contributed by atoms with Crippen molar-refractivity contribution in [2.24, 2.45) is 5.73 Å². The molecule has 0 unspecified atom stereocenters. The summed E-state index contributed by atoms with van der Waals surface area (Å²) in [4.78, 5) is 0. The molecule has 0 aliphatic carbocycles. The van der Waals surface area contributed by atoms with Crippen LogP contribution in [0.1, 0.15) is 16.7 Å². The van der Waals surface area contributed by atoms with E-state index in [4.69, 9.17) is 5.73 Å². The number of benzene rings is 2. The highest BCUT2D eigenvalue weighted by Crippen LogP contribution is 2.09. The Balaban J connectivity index is 2.12. The van der Waals surface area contributed by atoms with Gasteiger partial charge in [0.25, 0.3) is 0 Å². The van der Waals surface area contributed by atoms with Crippen LogP contribution < -0.4 is 5.73 Å². The molecule has 2 aromatic rings. The van der Waals surface area contributed by atoms with Crippen molar-refractivity contribution < 1.29 is 0 Å². The molecule has 1 nitrogen and oxygen atoms in total. The molecular formula is C15H15N. The van der Waals surface area contributed by atoms with Crippen molar-refractivity contribution in [1.29, 1.82) is 0 Å². The third-order valence-corrected chi connectivity index (χ3v) is 2.48. The second kappa shape index (κ2) is 5.29. The molecule has 0 heterocycles. The summed E-state index contributed by atoms with van der Waals surface area (Å²) in [5, 5.41) is 0. The van der Waals surface area contributed by atoms with Crippen LogP contribution in [0.25, 0.3) is 12.2 Å². The maximum Gasteiger partial charge on any atom is 0.0178 e. The summed E-state index contributed by atoms with van der Waals surface area (Å²) in [7, 11) is 0. The lowest BCUT2D eigenvalue weighted by atomic mass is 10.1. The first-order valence-corrected chi connectivity index (χ1v) is 5.40. The predicted molar refractivity (Wildman–Crippen MR) is 69.7 cm³/mol. The van der Waals surface area contributed by atoms with E-state index < -0.39 is 0 Å². The van der Waals surface area contributed by atoms with E-state index in [0.29, 0.717) is 6.54 Å². The van der Waals surface area contributed by atoms with Crippen molar-refractivity contribution in [3.63, 3.8) is 0 Å². The predicted octanol–water partition coefficient (Wildman–Crippen LogP) is 3.32. The average molecular weight is 209 g/mol. The van der Waals surface area contributed by atoms with Gasteiger partial charge in [-0.05, 0) is 16.7 Å². The molecule has 2 N–H and O–H groups in total. The summed E-state index contributed by atoms with van der Waals surface area (Å²) in [6.45, 7) is 0.600. The van der Waals surface area contributed by atoms with Crippen LogP contribution in [0.3, 0.4) is 0 Å². The van der Waals surface area contributed by atoms with Gasteiger partial charge in [0.2, 0.25) is 0 Å². The molecule has 0 aliphatic rings. The molecular weight excluding hydrogens is 194 g/mol. The molecule has 16 heavy (non-hydrogen) atoms. The van der Waals surface area contributed by atoms with E-state index in [2.05, 4.69) is 48.6 Å². The molecule has 0 aromatic heterocycles. The highest BCUT2D eigenvalue weighted by atomic mass is 14.5. The van der Waals surface area contributed by atoms with Gasteiger partial charge in [-0.3, -0.25) is 0 Å². The summed E-state index contributed by atoms with van der Waals surface area (Å²) in [5.74, 6) is 0. The second-order valence-corrected chi connectivity index (χ2v) is 3.69.